The number of carbonyl (C=O) groups is 1. The van der Waals surface area contributed by atoms with Crippen molar-refractivity contribution in [2.45, 2.75) is 12.5 Å². The molecule has 140 valence electrons. The zero-order valence-corrected chi connectivity index (χ0v) is 16.3. The maximum atomic E-state index is 12.6. The van der Waals surface area contributed by atoms with Gasteiger partial charge in [0, 0.05) is 30.2 Å². The van der Waals surface area contributed by atoms with Gasteiger partial charge in [0.2, 0.25) is 0 Å². The van der Waals surface area contributed by atoms with Crippen molar-refractivity contribution in [3.8, 4) is 16.3 Å². The third kappa shape index (κ3) is 3.79. The standard InChI is InChI=1S/C19H19ClN4O2S/c1-26-16-5-4-12(20)9-14(16)19(25)21-13-6-7-24(11-13)18-10-15(22-23-18)17-3-2-8-27-17/h2-5,8-10,13H,6-7,11H2,1H3,(H,21,25)(H,22,23). The van der Waals surface area contributed by atoms with Gasteiger partial charge >= 0.3 is 0 Å². The highest BCUT2D eigenvalue weighted by molar-refractivity contribution is 7.13. The van der Waals surface area contributed by atoms with Crippen molar-refractivity contribution in [2.24, 2.45) is 0 Å². The van der Waals surface area contributed by atoms with Crippen LogP contribution >= 0.6 is 22.9 Å². The summed E-state index contributed by atoms with van der Waals surface area (Å²) in [5.74, 6) is 1.23. The smallest absolute Gasteiger partial charge is 0.255 e. The fourth-order valence-electron chi connectivity index (χ4n) is 3.24. The first-order chi connectivity index (χ1) is 13.1. The lowest BCUT2D eigenvalue weighted by Crippen LogP contribution is -2.37. The lowest BCUT2D eigenvalue weighted by atomic mass is 10.1. The van der Waals surface area contributed by atoms with Crippen LogP contribution in [-0.2, 0) is 0 Å². The molecule has 6 nitrogen and oxygen atoms in total. The van der Waals surface area contributed by atoms with E-state index in [0.717, 1.165) is 29.4 Å². The van der Waals surface area contributed by atoms with E-state index in [1.807, 2.05) is 11.4 Å². The van der Waals surface area contributed by atoms with Gasteiger partial charge in [-0.15, -0.1) is 11.3 Å². The molecule has 2 N–H and O–H groups in total. The molecule has 0 radical (unpaired) electrons. The van der Waals surface area contributed by atoms with E-state index in [0.29, 0.717) is 22.9 Å². The highest BCUT2D eigenvalue weighted by atomic mass is 35.5. The number of amides is 1. The number of nitrogens with one attached hydrogen (secondary N) is 2. The second-order valence-electron chi connectivity index (χ2n) is 6.37. The molecule has 1 amide bonds. The Bertz CT molecular complexity index is 941. The number of aromatic nitrogens is 2. The van der Waals surface area contributed by atoms with Crippen LogP contribution in [0.4, 0.5) is 5.82 Å². The molecule has 0 bridgehead atoms. The van der Waals surface area contributed by atoms with E-state index in [4.69, 9.17) is 16.3 Å². The Morgan fingerprint density at radius 2 is 2.30 bits per heavy atom. The van der Waals surface area contributed by atoms with Crippen molar-refractivity contribution in [3.05, 3.63) is 52.4 Å². The largest absolute Gasteiger partial charge is 0.496 e. The molecule has 1 fully saturated rings. The van der Waals surface area contributed by atoms with Gasteiger partial charge in [0.25, 0.3) is 5.91 Å². The second-order valence-corrected chi connectivity index (χ2v) is 7.75. The number of nitrogens with zero attached hydrogens (tertiary/aromatic N) is 2. The molecule has 27 heavy (non-hydrogen) atoms. The topological polar surface area (TPSA) is 70.2 Å². The summed E-state index contributed by atoms with van der Waals surface area (Å²) < 4.78 is 5.27. The number of aromatic amines is 1. The lowest BCUT2D eigenvalue weighted by Gasteiger charge is -2.17. The van der Waals surface area contributed by atoms with Gasteiger partial charge in [-0.3, -0.25) is 9.89 Å². The first-order valence-electron chi connectivity index (χ1n) is 8.62. The maximum Gasteiger partial charge on any atom is 0.255 e. The monoisotopic (exact) mass is 402 g/mol. The van der Waals surface area contributed by atoms with Crippen molar-refractivity contribution in [1.82, 2.24) is 15.5 Å². The number of benzene rings is 1. The Morgan fingerprint density at radius 3 is 3.07 bits per heavy atom. The first kappa shape index (κ1) is 17.9. The van der Waals surface area contributed by atoms with E-state index >= 15 is 0 Å². The van der Waals surface area contributed by atoms with Gasteiger partial charge in [-0.1, -0.05) is 17.7 Å². The summed E-state index contributed by atoms with van der Waals surface area (Å²) in [4.78, 5) is 16.0. The minimum absolute atomic E-state index is 0.0445. The molecule has 2 aromatic heterocycles. The number of hydrogen-bond acceptors (Lipinski definition) is 5. The van der Waals surface area contributed by atoms with Crippen molar-refractivity contribution in [3.63, 3.8) is 0 Å². The van der Waals surface area contributed by atoms with Crippen LogP contribution in [0.1, 0.15) is 16.8 Å². The van der Waals surface area contributed by atoms with Crippen LogP contribution in [-0.4, -0.2) is 42.3 Å². The average molecular weight is 403 g/mol. The Hall–Kier alpha value is -2.51. The molecule has 8 heteroatoms. The van der Waals surface area contributed by atoms with Crippen molar-refractivity contribution < 1.29 is 9.53 Å². The molecular formula is C19H19ClN4O2S. The summed E-state index contributed by atoms with van der Waals surface area (Å²) in [6, 6.07) is 11.2. The van der Waals surface area contributed by atoms with Gasteiger partial charge < -0.3 is 15.0 Å². The van der Waals surface area contributed by atoms with Crippen molar-refractivity contribution >= 4 is 34.7 Å². The molecule has 4 rings (SSSR count). The predicted octanol–water partition coefficient (Wildman–Crippen LogP) is 3.81. The van der Waals surface area contributed by atoms with Crippen LogP contribution in [0.25, 0.3) is 10.6 Å². The van der Waals surface area contributed by atoms with E-state index in [1.165, 1.54) is 0 Å². The van der Waals surface area contributed by atoms with Crippen LogP contribution in [0.15, 0.2) is 41.8 Å². The lowest BCUT2D eigenvalue weighted by molar-refractivity contribution is 0.0937. The summed E-state index contributed by atoms with van der Waals surface area (Å²) in [5, 5.41) is 13.1. The normalized spacial score (nSPS) is 16.5. The molecule has 0 saturated carbocycles. The minimum atomic E-state index is -0.178. The fraction of sp³-hybridized carbons (Fsp3) is 0.263. The maximum absolute atomic E-state index is 12.6. The number of carbonyl (C=O) groups excluding carboxylic acids is 1. The van der Waals surface area contributed by atoms with Crippen molar-refractivity contribution in [2.75, 3.05) is 25.1 Å². The van der Waals surface area contributed by atoms with Crippen LogP contribution in [0.5, 0.6) is 5.75 Å². The molecular weight excluding hydrogens is 384 g/mol. The molecule has 1 aromatic carbocycles. The summed E-state index contributed by atoms with van der Waals surface area (Å²) in [7, 11) is 1.54. The average Bonchev–Trinajstić information content (AvgIpc) is 3.41. The number of hydrogen-bond donors (Lipinski definition) is 2. The molecule has 1 saturated heterocycles. The molecule has 0 spiro atoms. The highest BCUT2D eigenvalue weighted by Gasteiger charge is 2.27. The molecule has 0 aliphatic carbocycles. The predicted molar refractivity (Wildman–Crippen MR) is 108 cm³/mol. The van der Waals surface area contributed by atoms with Crippen LogP contribution in [0.2, 0.25) is 5.02 Å². The number of ether oxygens (including phenoxy) is 1. The Morgan fingerprint density at radius 1 is 1.41 bits per heavy atom. The zero-order chi connectivity index (χ0) is 18.8. The molecule has 1 aliphatic heterocycles. The van der Waals surface area contributed by atoms with E-state index in [-0.39, 0.29) is 11.9 Å². The molecule has 3 aromatic rings. The summed E-state index contributed by atoms with van der Waals surface area (Å²) in [6.07, 6.45) is 0.857. The Labute approximate surface area is 166 Å². The number of thiophene rings is 1. The highest BCUT2D eigenvalue weighted by Crippen LogP contribution is 2.28. The second kappa shape index (κ2) is 7.62. The SMILES string of the molecule is COc1ccc(Cl)cc1C(=O)NC1CCN(c2cc(-c3cccs3)[nH]n2)C1. The number of anilines is 1. The van der Waals surface area contributed by atoms with Gasteiger partial charge in [0.05, 0.1) is 23.2 Å². The Kier molecular flexibility index (Phi) is 5.05. The third-order valence-corrected chi connectivity index (χ3v) is 5.74. The van der Waals surface area contributed by atoms with E-state index in [1.54, 1.807) is 36.6 Å². The molecule has 1 atom stereocenters. The summed E-state index contributed by atoms with van der Waals surface area (Å²) in [5.41, 5.74) is 1.46. The van der Waals surface area contributed by atoms with Crippen LogP contribution in [0.3, 0.4) is 0 Å². The van der Waals surface area contributed by atoms with Gasteiger partial charge in [0.15, 0.2) is 5.82 Å². The Balaban J connectivity index is 1.41. The van der Waals surface area contributed by atoms with E-state index in [2.05, 4.69) is 32.5 Å². The van der Waals surface area contributed by atoms with Crippen molar-refractivity contribution in [1.29, 1.82) is 0 Å². The van der Waals surface area contributed by atoms with Gasteiger partial charge in [-0.25, -0.2) is 0 Å². The van der Waals surface area contributed by atoms with Gasteiger partial charge in [-0.05, 0) is 36.1 Å². The first-order valence-corrected chi connectivity index (χ1v) is 9.88. The number of halogens is 1. The number of rotatable bonds is 5. The van der Waals surface area contributed by atoms with E-state index < -0.39 is 0 Å². The number of H-pyrrole nitrogens is 1. The van der Waals surface area contributed by atoms with Gasteiger partial charge in [0.1, 0.15) is 5.75 Å². The third-order valence-electron chi connectivity index (χ3n) is 4.60. The number of methoxy groups -OCH3 is 1. The molecule has 1 unspecified atom stereocenters. The van der Waals surface area contributed by atoms with Crippen LogP contribution in [0, 0.1) is 0 Å². The molecule has 1 aliphatic rings. The zero-order valence-electron chi connectivity index (χ0n) is 14.7. The quantitative estimate of drug-likeness (QED) is 0.680. The summed E-state index contributed by atoms with van der Waals surface area (Å²) >= 11 is 7.70. The fourth-order valence-corrected chi connectivity index (χ4v) is 4.10. The minimum Gasteiger partial charge on any atom is -0.496 e. The van der Waals surface area contributed by atoms with Gasteiger partial charge in [-0.2, -0.15) is 5.10 Å². The molecule has 3 heterocycles. The van der Waals surface area contributed by atoms with E-state index in [9.17, 15) is 4.79 Å². The summed E-state index contributed by atoms with van der Waals surface area (Å²) in [6.45, 7) is 1.55. The van der Waals surface area contributed by atoms with Crippen LogP contribution < -0.4 is 15.0 Å².